The number of carbonyl (C=O) groups excluding carboxylic acids is 1. The average Bonchev–Trinajstić information content (AvgIpc) is 2.26. The molecule has 1 rings (SSSR count). The lowest BCUT2D eigenvalue weighted by Crippen LogP contribution is -2.43. The zero-order valence-corrected chi connectivity index (χ0v) is 10.8. The van der Waals surface area contributed by atoms with Crippen LogP contribution in [0.5, 0.6) is 0 Å². The van der Waals surface area contributed by atoms with E-state index >= 15 is 0 Å². The molecule has 0 atom stereocenters. The van der Waals surface area contributed by atoms with Crippen molar-refractivity contribution in [2.45, 2.75) is 25.7 Å². The van der Waals surface area contributed by atoms with E-state index in [-0.39, 0.29) is 16.7 Å². The summed E-state index contributed by atoms with van der Waals surface area (Å²) < 4.78 is 23.5. The topological polar surface area (TPSA) is 75.3 Å². The maximum Gasteiger partial charge on any atom is 0.257 e. The molecule has 0 saturated carbocycles. The molecule has 17 heavy (non-hydrogen) atoms. The first kappa shape index (κ1) is 13.7. The van der Waals surface area contributed by atoms with Crippen molar-refractivity contribution in [1.82, 2.24) is 10.3 Å². The summed E-state index contributed by atoms with van der Waals surface area (Å²) in [6, 6.07) is 6.36. The quantitative estimate of drug-likeness (QED) is 0.788. The molecule has 0 bridgehead atoms. The largest absolute Gasteiger partial charge is 0.277 e. The summed E-state index contributed by atoms with van der Waals surface area (Å²) >= 11 is 0. The van der Waals surface area contributed by atoms with Gasteiger partial charge < -0.3 is 0 Å². The van der Waals surface area contributed by atoms with Crippen molar-refractivity contribution >= 4 is 15.9 Å². The molecule has 0 spiro atoms. The molecule has 0 aromatic heterocycles. The van der Waals surface area contributed by atoms with Crippen LogP contribution < -0.4 is 10.3 Å². The lowest BCUT2D eigenvalue weighted by Gasteiger charge is -2.10. The fraction of sp³-hybridized carbons (Fsp3) is 0.364. The molecule has 0 saturated heterocycles. The molecule has 6 heteroatoms. The minimum atomic E-state index is -3.69. The number of nitrogens with one attached hydrogen (secondary N) is 2. The highest BCUT2D eigenvalue weighted by molar-refractivity contribution is 7.89. The van der Waals surface area contributed by atoms with Gasteiger partial charge in [0.05, 0.1) is 4.90 Å². The Hall–Kier alpha value is -1.40. The van der Waals surface area contributed by atoms with Crippen molar-refractivity contribution in [2.75, 3.05) is 0 Å². The number of hydrogen-bond acceptors (Lipinski definition) is 3. The average molecular weight is 256 g/mol. The minimum Gasteiger partial charge on any atom is -0.277 e. The molecule has 0 heterocycles. The Kier molecular flexibility index (Phi) is 4.25. The van der Waals surface area contributed by atoms with Crippen LogP contribution in [0.1, 0.15) is 19.4 Å². The number of hydrazine groups is 1. The summed E-state index contributed by atoms with van der Waals surface area (Å²) in [6.07, 6.45) is 0. The van der Waals surface area contributed by atoms with Crippen molar-refractivity contribution in [2.24, 2.45) is 5.92 Å². The second-order valence-electron chi connectivity index (χ2n) is 4.06. The molecule has 1 amide bonds. The van der Waals surface area contributed by atoms with Crippen LogP contribution in [-0.2, 0) is 14.8 Å². The van der Waals surface area contributed by atoms with Crippen LogP contribution in [0.25, 0.3) is 0 Å². The molecule has 0 unspecified atom stereocenters. The number of aryl methyl sites for hydroxylation is 1. The molecule has 0 fully saturated rings. The number of hydrogen-bond donors (Lipinski definition) is 2. The van der Waals surface area contributed by atoms with E-state index in [2.05, 4.69) is 5.43 Å². The van der Waals surface area contributed by atoms with Gasteiger partial charge in [-0.2, -0.15) is 0 Å². The monoisotopic (exact) mass is 256 g/mol. The van der Waals surface area contributed by atoms with Gasteiger partial charge in [-0.25, -0.2) is 8.42 Å². The zero-order chi connectivity index (χ0) is 13.1. The molecule has 1 aromatic rings. The number of rotatable bonds is 4. The Balaban J connectivity index is 2.76. The molecule has 5 nitrogen and oxygen atoms in total. The molecular weight excluding hydrogens is 240 g/mol. The van der Waals surface area contributed by atoms with Gasteiger partial charge in [0, 0.05) is 5.92 Å². The first-order chi connectivity index (χ1) is 7.83. The van der Waals surface area contributed by atoms with Gasteiger partial charge in [0.1, 0.15) is 0 Å². The highest BCUT2D eigenvalue weighted by Gasteiger charge is 2.15. The summed E-state index contributed by atoms with van der Waals surface area (Å²) in [5, 5.41) is 0. The van der Waals surface area contributed by atoms with Crippen LogP contribution in [0.3, 0.4) is 0 Å². The molecule has 94 valence electrons. The standard InChI is InChI=1S/C11H16N2O3S/c1-8(2)11(14)12-13-17(15,16)10-6-4-9(3)5-7-10/h4-8,13H,1-3H3,(H,12,14). The first-order valence-electron chi connectivity index (χ1n) is 5.21. The number of sulfonamides is 1. The van der Waals surface area contributed by atoms with E-state index in [1.807, 2.05) is 11.8 Å². The van der Waals surface area contributed by atoms with E-state index in [4.69, 9.17) is 0 Å². The van der Waals surface area contributed by atoms with Crippen LogP contribution >= 0.6 is 0 Å². The Bertz CT molecular complexity index is 492. The second kappa shape index (κ2) is 5.29. The van der Waals surface area contributed by atoms with E-state index < -0.39 is 10.0 Å². The number of benzene rings is 1. The van der Waals surface area contributed by atoms with Crippen LogP contribution in [0.15, 0.2) is 29.2 Å². The third-order valence-electron chi connectivity index (χ3n) is 2.16. The van der Waals surface area contributed by atoms with E-state index in [1.165, 1.54) is 12.1 Å². The van der Waals surface area contributed by atoms with Gasteiger partial charge >= 0.3 is 0 Å². The SMILES string of the molecule is Cc1ccc(S(=O)(=O)NNC(=O)C(C)C)cc1. The highest BCUT2D eigenvalue weighted by Crippen LogP contribution is 2.08. The van der Waals surface area contributed by atoms with Crippen molar-refractivity contribution in [3.05, 3.63) is 29.8 Å². The minimum absolute atomic E-state index is 0.118. The summed E-state index contributed by atoms with van der Waals surface area (Å²) in [4.78, 5) is 13.4. The molecule has 0 radical (unpaired) electrons. The molecule has 2 N–H and O–H groups in total. The third-order valence-corrected chi connectivity index (χ3v) is 3.43. The van der Waals surface area contributed by atoms with Gasteiger partial charge in [0.2, 0.25) is 5.91 Å². The van der Waals surface area contributed by atoms with Gasteiger partial charge in [-0.3, -0.25) is 10.2 Å². The van der Waals surface area contributed by atoms with Gasteiger partial charge in [0.25, 0.3) is 10.0 Å². The normalized spacial score (nSPS) is 11.5. The predicted molar refractivity (Wildman–Crippen MR) is 64.5 cm³/mol. The summed E-state index contributed by atoms with van der Waals surface area (Å²) in [5.41, 5.74) is 3.13. The van der Waals surface area contributed by atoms with Crippen LogP contribution in [0.2, 0.25) is 0 Å². The lowest BCUT2D eigenvalue weighted by molar-refractivity contribution is -0.124. The molecule has 0 aliphatic rings. The van der Waals surface area contributed by atoms with E-state index in [1.54, 1.807) is 26.0 Å². The van der Waals surface area contributed by atoms with Gasteiger partial charge in [-0.1, -0.05) is 31.5 Å². The molecule has 1 aromatic carbocycles. The number of carbonyl (C=O) groups is 1. The van der Waals surface area contributed by atoms with Crippen molar-refractivity contribution in [1.29, 1.82) is 0 Å². The molecular formula is C11H16N2O3S. The third kappa shape index (κ3) is 3.83. The van der Waals surface area contributed by atoms with Crippen molar-refractivity contribution in [3.8, 4) is 0 Å². The highest BCUT2D eigenvalue weighted by atomic mass is 32.2. The van der Waals surface area contributed by atoms with Gasteiger partial charge in [-0.15, -0.1) is 4.83 Å². The Morgan fingerprint density at radius 2 is 1.71 bits per heavy atom. The summed E-state index contributed by atoms with van der Waals surface area (Å²) in [6.45, 7) is 5.22. The fourth-order valence-corrected chi connectivity index (χ4v) is 1.89. The Morgan fingerprint density at radius 1 is 1.18 bits per heavy atom. The van der Waals surface area contributed by atoms with Gasteiger partial charge in [0.15, 0.2) is 0 Å². The summed E-state index contributed by atoms with van der Waals surface area (Å²) in [5.74, 6) is -0.656. The smallest absolute Gasteiger partial charge is 0.257 e. The first-order valence-corrected chi connectivity index (χ1v) is 6.69. The fourth-order valence-electron chi connectivity index (χ4n) is 1.04. The maximum absolute atomic E-state index is 11.7. The van der Waals surface area contributed by atoms with E-state index in [0.29, 0.717) is 0 Å². The van der Waals surface area contributed by atoms with E-state index in [0.717, 1.165) is 5.56 Å². The van der Waals surface area contributed by atoms with Crippen molar-refractivity contribution < 1.29 is 13.2 Å². The van der Waals surface area contributed by atoms with Crippen LogP contribution in [0.4, 0.5) is 0 Å². The predicted octanol–water partition coefficient (Wildman–Crippen LogP) is 0.961. The van der Waals surface area contributed by atoms with Crippen LogP contribution in [0, 0.1) is 12.8 Å². The Labute approximate surface area is 101 Å². The summed E-state index contributed by atoms with van der Waals surface area (Å²) in [7, 11) is -3.69. The lowest BCUT2D eigenvalue weighted by atomic mass is 10.2. The second-order valence-corrected chi connectivity index (χ2v) is 5.74. The Morgan fingerprint density at radius 3 is 2.18 bits per heavy atom. The van der Waals surface area contributed by atoms with Gasteiger partial charge in [-0.05, 0) is 19.1 Å². The van der Waals surface area contributed by atoms with Crippen LogP contribution in [-0.4, -0.2) is 14.3 Å². The molecule has 0 aliphatic carbocycles. The zero-order valence-electron chi connectivity index (χ0n) is 10.0. The van der Waals surface area contributed by atoms with E-state index in [9.17, 15) is 13.2 Å². The molecule has 0 aliphatic heterocycles. The maximum atomic E-state index is 11.7. The van der Waals surface area contributed by atoms with Crippen molar-refractivity contribution in [3.63, 3.8) is 0 Å². The number of amides is 1.